The number of pyridine rings is 1. The van der Waals surface area contributed by atoms with Gasteiger partial charge in [-0.1, -0.05) is 66.7 Å². The number of rotatable bonds is 2. The lowest BCUT2D eigenvalue weighted by Crippen LogP contribution is -2.32. The molecule has 0 unspecified atom stereocenters. The lowest BCUT2D eigenvalue weighted by atomic mass is 9.79. The van der Waals surface area contributed by atoms with Gasteiger partial charge < -0.3 is 4.74 Å². The van der Waals surface area contributed by atoms with Gasteiger partial charge in [0.05, 0.1) is 23.4 Å². The van der Waals surface area contributed by atoms with Gasteiger partial charge in [-0.3, -0.25) is 0 Å². The summed E-state index contributed by atoms with van der Waals surface area (Å²) in [5.74, 6) is 2.43. The highest BCUT2D eigenvalue weighted by molar-refractivity contribution is 7.99. The molecule has 34 heavy (non-hydrogen) atoms. The van der Waals surface area contributed by atoms with Gasteiger partial charge in [0.15, 0.2) is 0 Å². The van der Waals surface area contributed by atoms with Crippen molar-refractivity contribution < 1.29 is 4.74 Å². The molecule has 0 fully saturated rings. The van der Waals surface area contributed by atoms with Gasteiger partial charge in [0.25, 0.3) is 0 Å². The highest BCUT2D eigenvalue weighted by atomic mass is 32.2. The van der Waals surface area contributed by atoms with Crippen molar-refractivity contribution in [2.75, 3.05) is 12.4 Å². The number of nitrogens with zero attached hydrogens (tertiary/aromatic N) is 3. The van der Waals surface area contributed by atoms with Crippen molar-refractivity contribution in [3.63, 3.8) is 0 Å². The highest BCUT2D eigenvalue weighted by Crippen LogP contribution is 2.52. The Labute approximate surface area is 202 Å². The van der Waals surface area contributed by atoms with Crippen molar-refractivity contribution in [2.45, 2.75) is 17.9 Å². The first kappa shape index (κ1) is 19.9. The van der Waals surface area contributed by atoms with Crippen LogP contribution in [0.2, 0.25) is 0 Å². The Kier molecular flexibility index (Phi) is 4.52. The third kappa shape index (κ3) is 3.00. The van der Waals surface area contributed by atoms with Crippen molar-refractivity contribution in [2.24, 2.45) is 5.92 Å². The zero-order valence-electron chi connectivity index (χ0n) is 18.8. The average molecular weight is 462 g/mol. The van der Waals surface area contributed by atoms with E-state index < -0.39 is 0 Å². The van der Waals surface area contributed by atoms with E-state index in [0.29, 0.717) is 12.5 Å². The van der Waals surface area contributed by atoms with Gasteiger partial charge in [-0.2, -0.15) is 5.10 Å². The predicted octanol–water partition coefficient (Wildman–Crippen LogP) is 6.64. The van der Waals surface area contributed by atoms with Gasteiger partial charge >= 0.3 is 0 Å². The fraction of sp³-hybridized carbons (Fsp3) is 0.172. The maximum Gasteiger partial charge on any atom is 0.221 e. The lowest BCUT2D eigenvalue weighted by molar-refractivity contribution is 0.205. The van der Waals surface area contributed by atoms with Crippen LogP contribution in [0.15, 0.2) is 90.0 Å². The van der Waals surface area contributed by atoms with Crippen molar-refractivity contribution in [1.82, 2.24) is 14.8 Å². The van der Waals surface area contributed by atoms with Crippen LogP contribution in [0.1, 0.15) is 22.6 Å². The number of fused-ring (bicyclic) bond motifs is 6. The standard InChI is InChI=1S/C29H23N3OS/c1-18-9-8-12-20-15-23-24-21(17-34-28(23)30-26(18)20)16-33-29-25(24)27(19-10-4-2-5-11-19)31-32(29)22-13-6-3-7-14-22/h2-15,21,24H,16-17H2,1H3/t21-,24-/m0/s1. The van der Waals surface area contributed by atoms with Gasteiger partial charge in [0, 0.05) is 28.5 Å². The summed E-state index contributed by atoms with van der Waals surface area (Å²) in [7, 11) is 0. The monoisotopic (exact) mass is 461 g/mol. The minimum atomic E-state index is 0.199. The van der Waals surface area contributed by atoms with Gasteiger partial charge in [-0.15, -0.1) is 11.8 Å². The molecular formula is C29H23N3OS. The molecule has 0 saturated heterocycles. The zero-order valence-corrected chi connectivity index (χ0v) is 19.6. The van der Waals surface area contributed by atoms with Crippen molar-refractivity contribution >= 4 is 22.7 Å². The van der Waals surface area contributed by atoms with Crippen LogP contribution in [0.25, 0.3) is 27.8 Å². The number of hydrogen-bond donors (Lipinski definition) is 0. The minimum absolute atomic E-state index is 0.199. The Morgan fingerprint density at radius 3 is 2.56 bits per heavy atom. The van der Waals surface area contributed by atoms with Crippen LogP contribution in [-0.4, -0.2) is 27.1 Å². The van der Waals surface area contributed by atoms with E-state index in [1.165, 1.54) is 22.1 Å². The first-order chi connectivity index (χ1) is 16.8. The smallest absolute Gasteiger partial charge is 0.221 e. The average Bonchev–Trinajstić information content (AvgIpc) is 3.29. The molecule has 2 aromatic heterocycles. The maximum absolute atomic E-state index is 6.47. The first-order valence-electron chi connectivity index (χ1n) is 11.7. The number of para-hydroxylation sites is 2. The molecule has 0 N–H and O–H groups in total. The van der Waals surface area contributed by atoms with E-state index in [1.807, 2.05) is 40.7 Å². The topological polar surface area (TPSA) is 39.9 Å². The summed E-state index contributed by atoms with van der Waals surface area (Å²) in [5.41, 5.74) is 7.92. The molecule has 5 aromatic rings. The summed E-state index contributed by atoms with van der Waals surface area (Å²) in [6.07, 6.45) is 0. The molecule has 4 heterocycles. The quantitative estimate of drug-likeness (QED) is 0.295. The van der Waals surface area contributed by atoms with E-state index >= 15 is 0 Å². The Morgan fingerprint density at radius 1 is 0.941 bits per heavy atom. The summed E-state index contributed by atoms with van der Waals surface area (Å²) in [6.45, 7) is 2.82. The molecule has 166 valence electrons. The summed E-state index contributed by atoms with van der Waals surface area (Å²) >= 11 is 1.86. The second-order valence-corrected chi connectivity index (χ2v) is 10.1. The second kappa shape index (κ2) is 7.74. The van der Waals surface area contributed by atoms with E-state index in [1.54, 1.807) is 0 Å². The summed E-state index contributed by atoms with van der Waals surface area (Å²) < 4.78 is 8.45. The highest BCUT2D eigenvalue weighted by Gasteiger charge is 2.42. The summed E-state index contributed by atoms with van der Waals surface area (Å²) in [5, 5.41) is 7.48. The van der Waals surface area contributed by atoms with Crippen LogP contribution in [0.5, 0.6) is 5.88 Å². The van der Waals surface area contributed by atoms with E-state index in [9.17, 15) is 0 Å². The third-order valence-electron chi connectivity index (χ3n) is 6.95. The second-order valence-electron chi connectivity index (χ2n) is 9.07. The molecule has 0 aliphatic carbocycles. The summed E-state index contributed by atoms with van der Waals surface area (Å²) in [6, 6.07) is 29.6. The summed E-state index contributed by atoms with van der Waals surface area (Å²) in [4.78, 5) is 5.14. The molecule has 0 radical (unpaired) electrons. The largest absolute Gasteiger partial charge is 0.477 e. The van der Waals surface area contributed by atoms with E-state index in [-0.39, 0.29) is 5.92 Å². The predicted molar refractivity (Wildman–Crippen MR) is 137 cm³/mol. The SMILES string of the molecule is Cc1cccc2cc3c(nc12)SC[C@@H]1COc2c(c(-c4ccccc4)nn2-c2ccccc2)[C@H]31. The van der Waals surface area contributed by atoms with Gasteiger partial charge in [-0.05, 0) is 36.2 Å². The number of ether oxygens (including phenoxy) is 1. The van der Waals surface area contributed by atoms with Crippen LogP contribution in [0, 0.1) is 12.8 Å². The number of benzene rings is 3. The number of aromatic nitrogens is 3. The fourth-order valence-corrected chi connectivity index (χ4v) is 6.50. The molecule has 7 rings (SSSR count). The fourth-order valence-electron chi connectivity index (χ4n) is 5.33. The molecule has 4 nitrogen and oxygen atoms in total. The normalized spacial score (nSPS) is 18.6. The molecule has 0 spiro atoms. The van der Waals surface area contributed by atoms with Gasteiger partial charge in [-0.25, -0.2) is 9.67 Å². The van der Waals surface area contributed by atoms with Crippen LogP contribution in [0.3, 0.4) is 0 Å². The minimum Gasteiger partial charge on any atom is -0.477 e. The van der Waals surface area contributed by atoms with Crippen molar-refractivity contribution in [3.8, 4) is 22.8 Å². The molecule has 2 aliphatic heterocycles. The van der Waals surface area contributed by atoms with Crippen molar-refractivity contribution in [3.05, 3.63) is 102 Å². The van der Waals surface area contributed by atoms with E-state index in [0.717, 1.165) is 39.1 Å². The molecule has 0 amide bonds. The van der Waals surface area contributed by atoms with Crippen LogP contribution >= 0.6 is 11.8 Å². The maximum atomic E-state index is 6.47. The molecular weight excluding hydrogens is 438 g/mol. The molecule has 3 aromatic carbocycles. The third-order valence-corrected chi connectivity index (χ3v) is 8.15. The van der Waals surface area contributed by atoms with Crippen LogP contribution < -0.4 is 4.74 Å². The van der Waals surface area contributed by atoms with Crippen molar-refractivity contribution in [1.29, 1.82) is 0 Å². The lowest BCUT2D eigenvalue weighted by Gasteiger charge is -2.36. The first-order valence-corrected chi connectivity index (χ1v) is 12.7. The molecule has 2 aliphatic rings. The Balaban J connectivity index is 1.50. The van der Waals surface area contributed by atoms with Gasteiger partial charge in [0.1, 0.15) is 10.7 Å². The van der Waals surface area contributed by atoms with Crippen LogP contribution in [-0.2, 0) is 0 Å². The van der Waals surface area contributed by atoms with E-state index in [2.05, 4.69) is 67.6 Å². The Morgan fingerprint density at radius 2 is 1.74 bits per heavy atom. The van der Waals surface area contributed by atoms with E-state index in [4.69, 9.17) is 14.8 Å². The molecule has 5 heteroatoms. The molecule has 0 bridgehead atoms. The van der Waals surface area contributed by atoms with Gasteiger partial charge in [0.2, 0.25) is 5.88 Å². The number of hydrogen-bond acceptors (Lipinski definition) is 4. The molecule has 0 saturated carbocycles. The number of aryl methyl sites for hydroxylation is 1. The Hall–Kier alpha value is -3.57. The van der Waals surface area contributed by atoms with Crippen LogP contribution in [0.4, 0.5) is 0 Å². The zero-order chi connectivity index (χ0) is 22.6. The molecule has 2 atom stereocenters. The Bertz CT molecular complexity index is 1530. The number of thioether (sulfide) groups is 1.